The van der Waals surface area contributed by atoms with Crippen LogP contribution in [0.15, 0.2) is 33.6 Å². The maximum Gasteiger partial charge on any atom is 0.317 e. The van der Waals surface area contributed by atoms with Crippen LogP contribution in [0.1, 0.15) is 13.3 Å². The number of carboxylic acids is 1. The van der Waals surface area contributed by atoms with E-state index in [0.29, 0.717) is 11.0 Å². The van der Waals surface area contributed by atoms with Gasteiger partial charge in [0.1, 0.15) is 0 Å². The van der Waals surface area contributed by atoms with Crippen LogP contribution >= 0.6 is 15.9 Å². The largest absolute Gasteiger partial charge is 0.480 e. The SMILES string of the molecule is CCCN(CCS(=O)(=O)c1cccc(Br)c1)CC(=O)O. The van der Waals surface area contributed by atoms with Crippen molar-refractivity contribution in [3.05, 3.63) is 28.7 Å². The molecule has 0 aliphatic rings. The number of aliphatic carboxylic acids is 1. The van der Waals surface area contributed by atoms with E-state index >= 15 is 0 Å². The second-order valence-electron chi connectivity index (χ2n) is 4.45. The van der Waals surface area contributed by atoms with E-state index in [9.17, 15) is 13.2 Å². The van der Waals surface area contributed by atoms with Crippen LogP contribution in [0.4, 0.5) is 0 Å². The molecule has 0 unspecified atom stereocenters. The summed E-state index contributed by atoms with van der Waals surface area (Å²) in [7, 11) is -3.40. The van der Waals surface area contributed by atoms with Gasteiger partial charge in [-0.25, -0.2) is 8.42 Å². The Balaban J connectivity index is 2.73. The first kappa shape index (κ1) is 17.1. The van der Waals surface area contributed by atoms with Gasteiger partial charge in [0.15, 0.2) is 9.84 Å². The molecule has 1 rings (SSSR count). The zero-order valence-corrected chi connectivity index (χ0v) is 13.7. The molecule has 0 heterocycles. The summed E-state index contributed by atoms with van der Waals surface area (Å²) in [6.07, 6.45) is 0.782. The third-order valence-corrected chi connectivity index (χ3v) is 4.92. The lowest BCUT2D eigenvalue weighted by molar-refractivity contribution is -0.138. The van der Waals surface area contributed by atoms with Crippen molar-refractivity contribution in [2.75, 3.05) is 25.4 Å². The van der Waals surface area contributed by atoms with Crippen LogP contribution in [0.3, 0.4) is 0 Å². The molecule has 0 radical (unpaired) electrons. The van der Waals surface area contributed by atoms with E-state index in [2.05, 4.69) is 15.9 Å². The number of halogens is 1. The molecule has 1 aromatic rings. The van der Waals surface area contributed by atoms with E-state index in [1.165, 1.54) is 0 Å². The number of sulfone groups is 1. The molecule has 0 fully saturated rings. The van der Waals surface area contributed by atoms with Crippen LogP contribution in [-0.4, -0.2) is 49.8 Å². The molecule has 0 atom stereocenters. The van der Waals surface area contributed by atoms with Gasteiger partial charge in [0.2, 0.25) is 0 Å². The fraction of sp³-hybridized carbons (Fsp3) is 0.462. The normalized spacial score (nSPS) is 11.8. The Morgan fingerprint density at radius 2 is 2.05 bits per heavy atom. The minimum absolute atomic E-state index is 0.0866. The molecular formula is C13H18BrNO4S. The Morgan fingerprint density at radius 3 is 2.60 bits per heavy atom. The number of hydrogen-bond donors (Lipinski definition) is 1. The summed E-state index contributed by atoms with van der Waals surface area (Å²) in [6.45, 7) is 2.58. The van der Waals surface area contributed by atoms with Gasteiger partial charge in [-0.1, -0.05) is 28.9 Å². The Hall–Kier alpha value is -0.920. The Labute approximate surface area is 127 Å². The van der Waals surface area contributed by atoms with Crippen molar-refractivity contribution in [2.24, 2.45) is 0 Å². The molecule has 7 heteroatoms. The van der Waals surface area contributed by atoms with Crippen LogP contribution in [0.2, 0.25) is 0 Å². The first-order valence-electron chi connectivity index (χ1n) is 6.27. The smallest absolute Gasteiger partial charge is 0.317 e. The van der Waals surface area contributed by atoms with Crippen LogP contribution < -0.4 is 0 Å². The predicted molar refractivity (Wildman–Crippen MR) is 80.6 cm³/mol. The lowest BCUT2D eigenvalue weighted by atomic mass is 10.4. The van der Waals surface area contributed by atoms with Gasteiger partial charge in [-0.15, -0.1) is 0 Å². The summed E-state index contributed by atoms with van der Waals surface area (Å²) in [5.41, 5.74) is 0. The van der Waals surface area contributed by atoms with Crippen molar-refractivity contribution in [1.29, 1.82) is 0 Å². The minimum atomic E-state index is -3.40. The molecule has 0 aliphatic carbocycles. The molecule has 0 amide bonds. The topological polar surface area (TPSA) is 74.7 Å². The minimum Gasteiger partial charge on any atom is -0.480 e. The lowest BCUT2D eigenvalue weighted by Crippen LogP contribution is -2.34. The van der Waals surface area contributed by atoms with Crippen LogP contribution in [0, 0.1) is 0 Å². The van der Waals surface area contributed by atoms with Crippen molar-refractivity contribution in [3.63, 3.8) is 0 Å². The van der Waals surface area contributed by atoms with E-state index in [4.69, 9.17) is 5.11 Å². The first-order valence-corrected chi connectivity index (χ1v) is 8.72. The number of hydrogen-bond acceptors (Lipinski definition) is 4. The number of benzene rings is 1. The summed E-state index contributed by atoms with van der Waals surface area (Å²) >= 11 is 3.24. The van der Waals surface area contributed by atoms with Gasteiger partial charge in [0.25, 0.3) is 0 Å². The molecule has 5 nitrogen and oxygen atoms in total. The quantitative estimate of drug-likeness (QED) is 0.764. The maximum atomic E-state index is 12.2. The van der Waals surface area contributed by atoms with Gasteiger partial charge in [-0.05, 0) is 31.2 Å². The number of rotatable bonds is 8. The standard InChI is InChI=1S/C13H18BrNO4S/c1-2-6-15(10-13(16)17)7-8-20(18,19)12-5-3-4-11(14)9-12/h3-5,9H,2,6-8,10H2,1H3,(H,16,17). The number of carbonyl (C=O) groups is 1. The maximum absolute atomic E-state index is 12.2. The van der Waals surface area contributed by atoms with Gasteiger partial charge in [0.05, 0.1) is 17.2 Å². The van der Waals surface area contributed by atoms with Crippen molar-refractivity contribution < 1.29 is 18.3 Å². The summed E-state index contributed by atoms with van der Waals surface area (Å²) in [5.74, 6) is -1.03. The average molecular weight is 364 g/mol. The van der Waals surface area contributed by atoms with Crippen molar-refractivity contribution in [3.8, 4) is 0 Å². The van der Waals surface area contributed by atoms with Gasteiger partial charge < -0.3 is 5.11 Å². The van der Waals surface area contributed by atoms with E-state index in [1.54, 1.807) is 29.2 Å². The summed E-state index contributed by atoms with van der Waals surface area (Å²) < 4.78 is 25.1. The third kappa shape index (κ3) is 5.60. The molecule has 0 bridgehead atoms. The highest BCUT2D eigenvalue weighted by Gasteiger charge is 2.17. The Kier molecular flexibility index (Phi) is 6.64. The van der Waals surface area contributed by atoms with Crippen molar-refractivity contribution >= 4 is 31.7 Å². The van der Waals surface area contributed by atoms with E-state index < -0.39 is 15.8 Å². The van der Waals surface area contributed by atoms with Gasteiger partial charge in [-0.3, -0.25) is 9.69 Å². The highest BCUT2D eigenvalue weighted by atomic mass is 79.9. The fourth-order valence-corrected chi connectivity index (χ4v) is 3.68. The Bertz CT molecular complexity index is 559. The van der Waals surface area contributed by atoms with Crippen LogP contribution in [0.25, 0.3) is 0 Å². The van der Waals surface area contributed by atoms with E-state index in [1.807, 2.05) is 6.92 Å². The van der Waals surface area contributed by atoms with E-state index in [0.717, 1.165) is 6.42 Å². The molecule has 0 aromatic heterocycles. The molecule has 0 saturated carbocycles. The van der Waals surface area contributed by atoms with Gasteiger partial charge in [-0.2, -0.15) is 0 Å². The molecule has 0 aliphatic heterocycles. The highest BCUT2D eigenvalue weighted by Crippen LogP contribution is 2.17. The monoisotopic (exact) mass is 363 g/mol. The molecule has 0 saturated heterocycles. The van der Waals surface area contributed by atoms with E-state index in [-0.39, 0.29) is 23.7 Å². The zero-order valence-electron chi connectivity index (χ0n) is 11.3. The zero-order chi connectivity index (χ0) is 15.2. The number of nitrogens with zero attached hydrogens (tertiary/aromatic N) is 1. The molecule has 1 N–H and O–H groups in total. The molecular weight excluding hydrogens is 346 g/mol. The van der Waals surface area contributed by atoms with Crippen LogP contribution in [-0.2, 0) is 14.6 Å². The van der Waals surface area contributed by atoms with Gasteiger partial charge >= 0.3 is 5.97 Å². The summed E-state index contributed by atoms with van der Waals surface area (Å²) in [6, 6.07) is 6.52. The van der Waals surface area contributed by atoms with Crippen molar-refractivity contribution in [2.45, 2.75) is 18.2 Å². The summed E-state index contributed by atoms with van der Waals surface area (Å²) in [4.78, 5) is 12.6. The number of carboxylic acid groups (broad SMARTS) is 1. The van der Waals surface area contributed by atoms with Crippen molar-refractivity contribution in [1.82, 2.24) is 4.90 Å². The third-order valence-electron chi connectivity index (χ3n) is 2.73. The first-order chi connectivity index (χ1) is 9.35. The second kappa shape index (κ2) is 7.75. The van der Waals surface area contributed by atoms with Gasteiger partial charge in [0, 0.05) is 11.0 Å². The molecule has 20 heavy (non-hydrogen) atoms. The fourth-order valence-electron chi connectivity index (χ4n) is 1.81. The second-order valence-corrected chi connectivity index (χ2v) is 7.47. The highest BCUT2D eigenvalue weighted by molar-refractivity contribution is 9.10. The predicted octanol–water partition coefficient (Wildman–Crippen LogP) is 2.02. The molecule has 112 valence electrons. The lowest BCUT2D eigenvalue weighted by Gasteiger charge is -2.19. The average Bonchev–Trinajstić information content (AvgIpc) is 2.36. The Morgan fingerprint density at radius 1 is 1.35 bits per heavy atom. The summed E-state index contributed by atoms with van der Waals surface area (Å²) in [5, 5.41) is 8.80. The molecule has 0 spiro atoms. The molecule has 1 aromatic carbocycles. The van der Waals surface area contributed by atoms with Crippen LogP contribution in [0.5, 0.6) is 0 Å².